The first-order valence-corrected chi connectivity index (χ1v) is 8.20. The molecule has 1 heterocycles. The Bertz CT molecular complexity index is 615. The molecule has 0 radical (unpaired) electrons. The molecule has 0 aliphatic heterocycles. The van der Waals surface area contributed by atoms with Gasteiger partial charge in [0.05, 0.1) is 5.52 Å². The number of nitrogen functional groups attached to an aromatic ring is 1. The van der Waals surface area contributed by atoms with Crippen LogP contribution < -0.4 is 11.3 Å². The van der Waals surface area contributed by atoms with Crippen LogP contribution in [0.25, 0.3) is 10.9 Å². The monoisotopic (exact) mass is 283 g/mol. The average molecular weight is 283 g/mol. The van der Waals surface area contributed by atoms with Crippen LogP contribution in [0.15, 0.2) is 24.3 Å². The van der Waals surface area contributed by atoms with Crippen LogP contribution >= 0.6 is 0 Å². The minimum absolute atomic E-state index is 0.791. The van der Waals surface area contributed by atoms with Gasteiger partial charge in [0.15, 0.2) is 0 Å². The number of nitrogens with zero attached hydrogens (tertiary/aromatic N) is 1. The SMILES string of the molecule is CCc1cccc2cc(CC3CCCCC3)c(NN)nc12. The Morgan fingerprint density at radius 3 is 2.71 bits per heavy atom. The van der Waals surface area contributed by atoms with Gasteiger partial charge in [0.2, 0.25) is 0 Å². The third-order valence-electron chi connectivity index (χ3n) is 4.76. The van der Waals surface area contributed by atoms with Gasteiger partial charge in [-0.1, -0.05) is 57.2 Å². The molecule has 1 aromatic carbocycles. The van der Waals surface area contributed by atoms with Gasteiger partial charge >= 0.3 is 0 Å². The normalized spacial score (nSPS) is 16.3. The van der Waals surface area contributed by atoms with Crippen molar-refractivity contribution < 1.29 is 0 Å². The second kappa shape index (κ2) is 6.44. The van der Waals surface area contributed by atoms with Crippen LogP contribution in [0.5, 0.6) is 0 Å². The van der Waals surface area contributed by atoms with E-state index in [4.69, 9.17) is 10.8 Å². The molecule has 0 atom stereocenters. The number of aryl methyl sites for hydroxylation is 1. The van der Waals surface area contributed by atoms with Crippen LogP contribution in [0.1, 0.15) is 50.2 Å². The number of hydrogen-bond donors (Lipinski definition) is 2. The van der Waals surface area contributed by atoms with E-state index in [-0.39, 0.29) is 0 Å². The average Bonchev–Trinajstić information content (AvgIpc) is 2.54. The summed E-state index contributed by atoms with van der Waals surface area (Å²) in [7, 11) is 0. The van der Waals surface area contributed by atoms with Crippen molar-refractivity contribution in [2.24, 2.45) is 11.8 Å². The van der Waals surface area contributed by atoms with Crippen LogP contribution in [0, 0.1) is 5.92 Å². The molecule has 0 amide bonds. The summed E-state index contributed by atoms with van der Waals surface area (Å²) < 4.78 is 0. The highest BCUT2D eigenvalue weighted by Crippen LogP contribution is 2.30. The molecular weight excluding hydrogens is 258 g/mol. The quantitative estimate of drug-likeness (QED) is 0.653. The number of benzene rings is 1. The first-order chi connectivity index (χ1) is 10.3. The standard InChI is InChI=1S/C18H25N3/c1-2-14-9-6-10-15-12-16(18(21-19)20-17(14)15)11-13-7-4-3-5-8-13/h6,9-10,12-13H,2-5,7-8,11,19H2,1H3,(H,20,21). The molecule has 0 saturated heterocycles. The van der Waals surface area contributed by atoms with Gasteiger partial charge in [0, 0.05) is 5.39 Å². The molecule has 0 spiro atoms. The predicted octanol–water partition coefficient (Wildman–Crippen LogP) is 4.21. The summed E-state index contributed by atoms with van der Waals surface area (Å²) in [5.41, 5.74) is 6.46. The van der Waals surface area contributed by atoms with Gasteiger partial charge in [-0.2, -0.15) is 0 Å². The van der Waals surface area contributed by atoms with E-state index in [1.807, 2.05) is 0 Å². The van der Waals surface area contributed by atoms with Gasteiger partial charge in [-0.25, -0.2) is 10.8 Å². The van der Waals surface area contributed by atoms with Crippen molar-refractivity contribution in [1.82, 2.24) is 4.98 Å². The fourth-order valence-electron chi connectivity index (χ4n) is 3.57. The summed E-state index contributed by atoms with van der Waals surface area (Å²) in [6.45, 7) is 2.17. The van der Waals surface area contributed by atoms with E-state index >= 15 is 0 Å². The minimum atomic E-state index is 0.791. The lowest BCUT2D eigenvalue weighted by atomic mass is 9.84. The van der Waals surface area contributed by atoms with Gasteiger partial charge in [-0.05, 0) is 36.0 Å². The molecule has 2 aromatic rings. The fourth-order valence-corrected chi connectivity index (χ4v) is 3.57. The lowest BCUT2D eigenvalue weighted by Crippen LogP contribution is -2.15. The number of pyridine rings is 1. The van der Waals surface area contributed by atoms with E-state index in [1.165, 1.54) is 48.6 Å². The Kier molecular flexibility index (Phi) is 4.39. The lowest BCUT2D eigenvalue weighted by molar-refractivity contribution is 0.357. The van der Waals surface area contributed by atoms with Crippen LogP contribution in [-0.4, -0.2) is 4.98 Å². The predicted molar refractivity (Wildman–Crippen MR) is 89.2 cm³/mol. The highest BCUT2D eigenvalue weighted by Gasteiger charge is 2.17. The maximum Gasteiger partial charge on any atom is 0.143 e. The number of anilines is 1. The minimum Gasteiger partial charge on any atom is -0.308 e. The number of hydrogen-bond acceptors (Lipinski definition) is 3. The molecule has 3 nitrogen and oxygen atoms in total. The third-order valence-corrected chi connectivity index (χ3v) is 4.76. The van der Waals surface area contributed by atoms with Crippen molar-refractivity contribution in [2.75, 3.05) is 5.43 Å². The van der Waals surface area contributed by atoms with Gasteiger partial charge in [0.1, 0.15) is 5.82 Å². The number of fused-ring (bicyclic) bond motifs is 1. The first kappa shape index (κ1) is 14.3. The molecule has 0 bridgehead atoms. The van der Waals surface area contributed by atoms with Crippen molar-refractivity contribution >= 4 is 16.7 Å². The number of nitrogens with two attached hydrogens (primary N) is 1. The van der Waals surface area contributed by atoms with Crippen LogP contribution in [0.3, 0.4) is 0 Å². The molecule has 1 aliphatic carbocycles. The largest absolute Gasteiger partial charge is 0.308 e. The zero-order chi connectivity index (χ0) is 14.7. The molecule has 1 saturated carbocycles. The zero-order valence-corrected chi connectivity index (χ0v) is 12.9. The number of hydrazine groups is 1. The molecular formula is C18H25N3. The molecule has 21 heavy (non-hydrogen) atoms. The van der Waals surface area contributed by atoms with E-state index in [0.29, 0.717) is 0 Å². The molecule has 1 fully saturated rings. The van der Waals surface area contributed by atoms with Crippen molar-refractivity contribution in [2.45, 2.75) is 51.9 Å². The number of aromatic nitrogens is 1. The van der Waals surface area contributed by atoms with E-state index < -0.39 is 0 Å². The maximum absolute atomic E-state index is 5.73. The summed E-state index contributed by atoms with van der Waals surface area (Å²) in [5.74, 6) is 7.37. The fraction of sp³-hybridized carbons (Fsp3) is 0.500. The molecule has 112 valence electrons. The van der Waals surface area contributed by atoms with E-state index in [2.05, 4.69) is 36.6 Å². The van der Waals surface area contributed by atoms with Crippen LogP contribution in [0.2, 0.25) is 0 Å². The van der Waals surface area contributed by atoms with E-state index in [0.717, 1.165) is 30.1 Å². The Morgan fingerprint density at radius 1 is 1.19 bits per heavy atom. The van der Waals surface area contributed by atoms with Crippen molar-refractivity contribution in [1.29, 1.82) is 0 Å². The number of nitrogens with one attached hydrogen (secondary N) is 1. The van der Waals surface area contributed by atoms with Crippen LogP contribution in [-0.2, 0) is 12.8 Å². The molecule has 3 heteroatoms. The summed E-state index contributed by atoms with van der Waals surface area (Å²) in [6.07, 6.45) is 8.92. The summed E-state index contributed by atoms with van der Waals surface area (Å²) in [4.78, 5) is 4.79. The van der Waals surface area contributed by atoms with Gasteiger partial charge < -0.3 is 5.43 Å². The first-order valence-electron chi connectivity index (χ1n) is 8.20. The zero-order valence-electron chi connectivity index (χ0n) is 12.9. The smallest absolute Gasteiger partial charge is 0.143 e. The van der Waals surface area contributed by atoms with Crippen LogP contribution in [0.4, 0.5) is 5.82 Å². The molecule has 1 aromatic heterocycles. The molecule has 0 unspecified atom stereocenters. The molecule has 1 aliphatic rings. The number of rotatable bonds is 4. The summed E-state index contributed by atoms with van der Waals surface area (Å²) >= 11 is 0. The number of para-hydroxylation sites is 1. The third kappa shape index (κ3) is 3.03. The molecule has 3 rings (SSSR count). The molecule has 3 N–H and O–H groups in total. The summed E-state index contributed by atoms with van der Waals surface area (Å²) in [6, 6.07) is 8.72. The summed E-state index contributed by atoms with van der Waals surface area (Å²) in [5, 5.41) is 1.24. The van der Waals surface area contributed by atoms with Gasteiger partial charge in [-0.15, -0.1) is 0 Å². The van der Waals surface area contributed by atoms with Crippen molar-refractivity contribution in [3.05, 3.63) is 35.4 Å². The highest BCUT2D eigenvalue weighted by atomic mass is 15.2. The maximum atomic E-state index is 5.73. The van der Waals surface area contributed by atoms with Crippen molar-refractivity contribution in [3.8, 4) is 0 Å². The highest BCUT2D eigenvalue weighted by molar-refractivity contribution is 5.84. The van der Waals surface area contributed by atoms with E-state index in [9.17, 15) is 0 Å². The Labute approximate surface area is 126 Å². The lowest BCUT2D eigenvalue weighted by Gasteiger charge is -2.22. The Balaban J connectivity index is 1.97. The van der Waals surface area contributed by atoms with E-state index in [1.54, 1.807) is 0 Å². The Morgan fingerprint density at radius 2 is 2.00 bits per heavy atom. The van der Waals surface area contributed by atoms with Gasteiger partial charge in [0.25, 0.3) is 0 Å². The van der Waals surface area contributed by atoms with Crippen molar-refractivity contribution in [3.63, 3.8) is 0 Å². The Hall–Kier alpha value is -1.61. The topological polar surface area (TPSA) is 50.9 Å². The second-order valence-corrected chi connectivity index (χ2v) is 6.19. The van der Waals surface area contributed by atoms with Gasteiger partial charge in [-0.3, -0.25) is 0 Å². The second-order valence-electron chi connectivity index (χ2n) is 6.19.